The van der Waals surface area contributed by atoms with Gasteiger partial charge in [0.2, 0.25) is 0 Å². The van der Waals surface area contributed by atoms with E-state index >= 15 is 0 Å². The summed E-state index contributed by atoms with van der Waals surface area (Å²) in [7, 11) is 1.47. The first-order valence-corrected chi connectivity index (χ1v) is 10.1. The molecule has 32 heavy (non-hydrogen) atoms. The summed E-state index contributed by atoms with van der Waals surface area (Å²) in [4.78, 5) is 33.3. The summed E-state index contributed by atoms with van der Waals surface area (Å²) in [5, 5.41) is 9.96. The number of allylic oxidation sites excluding steroid dienone is 2. The Labute approximate surface area is 193 Å². The van der Waals surface area contributed by atoms with Crippen molar-refractivity contribution in [2.45, 2.75) is 33.8 Å². The van der Waals surface area contributed by atoms with E-state index in [4.69, 9.17) is 25.9 Å². The average molecular weight is 459 g/mol. The third kappa shape index (κ3) is 7.10. The Balaban J connectivity index is 0.00000118. The fraction of sp³-hybridized carbons (Fsp3) is 0.240. The van der Waals surface area contributed by atoms with Crippen LogP contribution in [0.25, 0.3) is 6.08 Å². The molecular formula is C25H27ClO6. The number of ketones is 1. The third-order valence-corrected chi connectivity index (χ3v) is 4.49. The fourth-order valence-corrected chi connectivity index (χ4v) is 3.13. The van der Waals surface area contributed by atoms with Crippen molar-refractivity contribution in [1.82, 2.24) is 0 Å². The average Bonchev–Trinajstić information content (AvgIpc) is 2.73. The first-order valence-electron chi connectivity index (χ1n) is 9.73. The van der Waals surface area contributed by atoms with Crippen molar-refractivity contribution in [3.05, 3.63) is 75.8 Å². The largest absolute Gasteiger partial charge is 0.496 e. The molecule has 1 N–H and O–H groups in total. The zero-order valence-electron chi connectivity index (χ0n) is 18.8. The van der Waals surface area contributed by atoms with Crippen LogP contribution in [0, 0.1) is 13.8 Å². The first kappa shape index (κ1) is 26.7. The number of methoxy groups -OCH3 is 1. The van der Waals surface area contributed by atoms with Gasteiger partial charge in [0.1, 0.15) is 17.8 Å². The van der Waals surface area contributed by atoms with Crippen LogP contribution in [0.5, 0.6) is 11.5 Å². The molecule has 2 aromatic rings. The summed E-state index contributed by atoms with van der Waals surface area (Å²) in [6.45, 7) is 10.3. The molecule has 0 saturated carbocycles. The SMILES string of the molecule is C=CC=O.COc1cc(Cl)ccc1C(=O)C=Cc1cc(C)c(C(=O)O)c(C)c1OC(C)C. The molecule has 0 saturated heterocycles. The van der Waals surface area contributed by atoms with Crippen LogP contribution in [0.1, 0.15) is 51.3 Å². The summed E-state index contributed by atoms with van der Waals surface area (Å²) in [6, 6.07) is 6.50. The fourth-order valence-electron chi connectivity index (χ4n) is 2.97. The summed E-state index contributed by atoms with van der Waals surface area (Å²) >= 11 is 5.94. The maximum absolute atomic E-state index is 12.6. The minimum atomic E-state index is -1.01. The summed E-state index contributed by atoms with van der Waals surface area (Å²) in [6.07, 6.45) is 4.72. The number of hydrogen-bond acceptors (Lipinski definition) is 5. The number of aromatic carboxylic acids is 1. The molecule has 0 amide bonds. The summed E-state index contributed by atoms with van der Waals surface area (Å²) in [5.74, 6) is -0.442. The molecule has 2 aromatic carbocycles. The van der Waals surface area contributed by atoms with Gasteiger partial charge < -0.3 is 14.6 Å². The predicted octanol–water partition coefficient (Wildman–Crippen LogP) is 5.72. The van der Waals surface area contributed by atoms with Gasteiger partial charge in [-0.3, -0.25) is 9.59 Å². The van der Waals surface area contributed by atoms with Crippen molar-refractivity contribution in [3.8, 4) is 11.5 Å². The van der Waals surface area contributed by atoms with Crippen molar-refractivity contribution in [2.24, 2.45) is 0 Å². The van der Waals surface area contributed by atoms with Gasteiger partial charge in [0.25, 0.3) is 0 Å². The molecule has 0 aliphatic rings. The maximum Gasteiger partial charge on any atom is 0.336 e. The predicted molar refractivity (Wildman–Crippen MR) is 126 cm³/mol. The molecule has 0 spiro atoms. The number of aldehydes is 1. The normalized spacial score (nSPS) is 10.3. The second-order valence-electron chi connectivity index (χ2n) is 7.00. The number of carbonyl (C=O) groups is 3. The van der Waals surface area contributed by atoms with E-state index in [1.54, 1.807) is 44.2 Å². The number of carboxylic acids is 1. The third-order valence-electron chi connectivity index (χ3n) is 4.25. The highest BCUT2D eigenvalue weighted by Crippen LogP contribution is 2.32. The molecule has 0 aromatic heterocycles. The Bertz CT molecular complexity index is 1030. The molecule has 0 radical (unpaired) electrons. The number of ether oxygens (including phenoxy) is 2. The lowest BCUT2D eigenvalue weighted by Gasteiger charge is -2.18. The lowest BCUT2D eigenvalue weighted by molar-refractivity contribution is -0.104. The van der Waals surface area contributed by atoms with Gasteiger partial charge in [-0.1, -0.05) is 18.2 Å². The number of benzene rings is 2. The number of rotatable bonds is 8. The number of carboxylic acid groups (broad SMARTS) is 1. The van der Waals surface area contributed by atoms with E-state index in [1.807, 2.05) is 13.8 Å². The van der Waals surface area contributed by atoms with E-state index in [-0.39, 0.29) is 17.5 Å². The van der Waals surface area contributed by atoms with Crippen molar-refractivity contribution in [3.63, 3.8) is 0 Å². The summed E-state index contributed by atoms with van der Waals surface area (Å²) < 4.78 is 11.1. The highest BCUT2D eigenvalue weighted by Gasteiger charge is 2.19. The van der Waals surface area contributed by atoms with E-state index in [9.17, 15) is 14.7 Å². The van der Waals surface area contributed by atoms with E-state index in [0.717, 1.165) is 0 Å². The molecule has 0 heterocycles. The van der Waals surface area contributed by atoms with Gasteiger partial charge in [0.15, 0.2) is 5.78 Å². The number of halogens is 1. The topological polar surface area (TPSA) is 89.9 Å². The highest BCUT2D eigenvalue weighted by atomic mass is 35.5. The molecule has 2 rings (SSSR count). The van der Waals surface area contributed by atoms with Crippen LogP contribution in [-0.4, -0.2) is 36.4 Å². The molecule has 6 nitrogen and oxygen atoms in total. The Morgan fingerprint density at radius 2 is 1.81 bits per heavy atom. The van der Waals surface area contributed by atoms with Gasteiger partial charge in [-0.05, 0) is 75.8 Å². The van der Waals surface area contributed by atoms with Crippen molar-refractivity contribution < 1.29 is 29.0 Å². The number of hydrogen-bond donors (Lipinski definition) is 1. The van der Waals surface area contributed by atoms with Crippen molar-refractivity contribution >= 4 is 35.7 Å². The minimum absolute atomic E-state index is 0.151. The highest BCUT2D eigenvalue weighted by molar-refractivity contribution is 6.31. The second-order valence-corrected chi connectivity index (χ2v) is 7.43. The van der Waals surface area contributed by atoms with Gasteiger partial charge in [-0.15, -0.1) is 0 Å². The maximum atomic E-state index is 12.6. The first-order chi connectivity index (χ1) is 15.1. The van der Waals surface area contributed by atoms with Crippen LogP contribution in [0.2, 0.25) is 5.02 Å². The van der Waals surface area contributed by atoms with Crippen LogP contribution in [-0.2, 0) is 4.79 Å². The van der Waals surface area contributed by atoms with Crippen LogP contribution >= 0.6 is 11.6 Å². The van der Waals surface area contributed by atoms with Gasteiger partial charge >= 0.3 is 5.97 Å². The quantitative estimate of drug-likeness (QED) is 0.309. The zero-order valence-corrected chi connectivity index (χ0v) is 19.5. The van der Waals surface area contributed by atoms with Crippen LogP contribution in [0.3, 0.4) is 0 Å². The van der Waals surface area contributed by atoms with Gasteiger partial charge in [-0.25, -0.2) is 4.79 Å². The lowest BCUT2D eigenvalue weighted by Crippen LogP contribution is -2.12. The van der Waals surface area contributed by atoms with E-state index < -0.39 is 5.97 Å². The molecule has 0 atom stereocenters. The molecular weight excluding hydrogens is 432 g/mol. The molecule has 170 valence electrons. The van der Waals surface area contributed by atoms with Crippen molar-refractivity contribution in [1.29, 1.82) is 0 Å². The van der Waals surface area contributed by atoms with Gasteiger partial charge in [-0.2, -0.15) is 0 Å². The monoisotopic (exact) mass is 458 g/mol. The Morgan fingerprint density at radius 1 is 1.19 bits per heavy atom. The number of carbonyl (C=O) groups excluding carboxylic acids is 2. The molecule has 0 unspecified atom stereocenters. The van der Waals surface area contributed by atoms with E-state index in [0.29, 0.717) is 45.1 Å². The number of aryl methyl sites for hydroxylation is 1. The zero-order chi connectivity index (χ0) is 24.4. The second kappa shape index (κ2) is 12.5. The van der Waals surface area contributed by atoms with Gasteiger partial charge in [0, 0.05) is 16.1 Å². The lowest BCUT2D eigenvalue weighted by atomic mass is 9.97. The van der Waals surface area contributed by atoms with Gasteiger partial charge in [0.05, 0.1) is 24.3 Å². The molecule has 0 bridgehead atoms. The van der Waals surface area contributed by atoms with Crippen molar-refractivity contribution in [2.75, 3.05) is 7.11 Å². The van der Waals surface area contributed by atoms with E-state index in [1.165, 1.54) is 19.3 Å². The molecule has 7 heteroatoms. The van der Waals surface area contributed by atoms with E-state index in [2.05, 4.69) is 6.58 Å². The standard InChI is InChI=1S/C22H23ClO5.C3H4O/c1-12(2)28-21-14(4)20(22(25)26)13(3)10-15(21)6-9-18(24)17-8-7-16(23)11-19(17)27-5;1-2-3-4/h6-12H,1-5H3,(H,25,26);2-3H,1H2. The summed E-state index contributed by atoms with van der Waals surface area (Å²) in [5.41, 5.74) is 2.34. The van der Waals surface area contributed by atoms with Crippen LogP contribution in [0.4, 0.5) is 0 Å². The Morgan fingerprint density at radius 3 is 2.31 bits per heavy atom. The van der Waals surface area contributed by atoms with Crippen LogP contribution < -0.4 is 9.47 Å². The van der Waals surface area contributed by atoms with Crippen LogP contribution in [0.15, 0.2) is 43.0 Å². The molecule has 0 aliphatic heterocycles. The Kier molecular flexibility index (Phi) is 10.4. The smallest absolute Gasteiger partial charge is 0.336 e. The molecule has 0 aliphatic carbocycles. The minimum Gasteiger partial charge on any atom is -0.496 e. The Hall–Kier alpha value is -3.38. The molecule has 0 fully saturated rings.